The van der Waals surface area contributed by atoms with Crippen LogP contribution in [-0.4, -0.2) is 18.1 Å². The summed E-state index contributed by atoms with van der Waals surface area (Å²) in [5.41, 5.74) is 2.16. The molecule has 0 fully saturated rings. The van der Waals surface area contributed by atoms with E-state index in [0.29, 0.717) is 12.6 Å². The summed E-state index contributed by atoms with van der Waals surface area (Å²) in [6, 6.07) is 8.42. The molecule has 1 unspecified atom stereocenters. The molecule has 0 aliphatic carbocycles. The Bertz CT molecular complexity index is 544. The number of oxazole rings is 1. The Morgan fingerprint density at radius 3 is 2.70 bits per heavy atom. The third-order valence-corrected chi connectivity index (χ3v) is 3.39. The lowest BCUT2D eigenvalue weighted by Crippen LogP contribution is -2.27. The van der Waals surface area contributed by atoms with Crippen LogP contribution in [0.1, 0.15) is 29.8 Å². The maximum atomic E-state index is 5.56. The standard InChI is InChI=1S/C16H22N2O2/c1-11(9-14-7-5-6-8-15(14)19-4)17-10-16-18-12(2)13(3)20-16/h5-8,11,17H,9-10H2,1-4H3. The molecule has 2 aromatic rings. The van der Waals surface area contributed by atoms with Crippen LogP contribution in [-0.2, 0) is 13.0 Å². The lowest BCUT2D eigenvalue weighted by atomic mass is 10.1. The van der Waals surface area contributed by atoms with Crippen LogP contribution in [0.15, 0.2) is 28.7 Å². The first-order valence-corrected chi connectivity index (χ1v) is 6.88. The average molecular weight is 274 g/mol. The smallest absolute Gasteiger partial charge is 0.208 e. The Morgan fingerprint density at radius 2 is 2.05 bits per heavy atom. The van der Waals surface area contributed by atoms with Crippen molar-refractivity contribution in [1.82, 2.24) is 10.3 Å². The Labute approximate surface area is 120 Å². The summed E-state index contributed by atoms with van der Waals surface area (Å²) in [6.07, 6.45) is 0.905. The first-order chi connectivity index (χ1) is 9.60. The molecule has 1 atom stereocenters. The molecular formula is C16H22N2O2. The van der Waals surface area contributed by atoms with E-state index in [1.54, 1.807) is 7.11 Å². The second-order valence-electron chi connectivity index (χ2n) is 5.05. The van der Waals surface area contributed by atoms with Gasteiger partial charge in [-0.15, -0.1) is 0 Å². The summed E-state index contributed by atoms with van der Waals surface area (Å²) in [6.45, 7) is 6.69. The monoisotopic (exact) mass is 274 g/mol. The number of rotatable bonds is 6. The van der Waals surface area contributed by atoms with Gasteiger partial charge in [-0.1, -0.05) is 18.2 Å². The van der Waals surface area contributed by atoms with Gasteiger partial charge in [0.2, 0.25) is 5.89 Å². The minimum Gasteiger partial charge on any atom is -0.496 e. The van der Waals surface area contributed by atoms with Gasteiger partial charge in [-0.3, -0.25) is 0 Å². The SMILES string of the molecule is COc1ccccc1CC(C)NCc1nc(C)c(C)o1. The van der Waals surface area contributed by atoms with Gasteiger partial charge in [0.15, 0.2) is 0 Å². The summed E-state index contributed by atoms with van der Waals surface area (Å²) in [7, 11) is 1.70. The number of ether oxygens (including phenoxy) is 1. The number of hydrogen-bond acceptors (Lipinski definition) is 4. The third-order valence-electron chi connectivity index (χ3n) is 3.39. The van der Waals surface area contributed by atoms with E-state index in [-0.39, 0.29) is 0 Å². The maximum Gasteiger partial charge on any atom is 0.208 e. The van der Waals surface area contributed by atoms with E-state index in [9.17, 15) is 0 Å². The summed E-state index contributed by atoms with van der Waals surface area (Å²) in [4.78, 5) is 4.37. The second kappa shape index (κ2) is 6.57. The molecule has 108 valence electrons. The lowest BCUT2D eigenvalue weighted by molar-refractivity contribution is 0.401. The zero-order chi connectivity index (χ0) is 14.5. The number of aryl methyl sites for hydroxylation is 2. The van der Waals surface area contributed by atoms with Gasteiger partial charge >= 0.3 is 0 Å². The minimum atomic E-state index is 0.318. The highest BCUT2D eigenvalue weighted by Crippen LogP contribution is 2.19. The van der Waals surface area contributed by atoms with Crippen molar-refractivity contribution < 1.29 is 9.15 Å². The molecule has 0 radical (unpaired) electrons. The largest absolute Gasteiger partial charge is 0.496 e. The van der Waals surface area contributed by atoms with Gasteiger partial charge < -0.3 is 14.5 Å². The quantitative estimate of drug-likeness (QED) is 0.879. The van der Waals surface area contributed by atoms with Crippen molar-refractivity contribution in [3.05, 3.63) is 47.2 Å². The van der Waals surface area contributed by atoms with Crippen LogP contribution in [0, 0.1) is 13.8 Å². The molecular weight excluding hydrogens is 252 g/mol. The van der Waals surface area contributed by atoms with Gasteiger partial charge in [-0.2, -0.15) is 0 Å². The predicted octanol–water partition coefficient (Wildman–Crippen LogP) is 3.02. The molecule has 4 heteroatoms. The number of nitrogens with zero attached hydrogens (tertiary/aromatic N) is 1. The van der Waals surface area contributed by atoms with Gasteiger partial charge in [0, 0.05) is 6.04 Å². The lowest BCUT2D eigenvalue weighted by Gasteiger charge is -2.14. The number of aromatic nitrogens is 1. The Balaban J connectivity index is 1.90. The fourth-order valence-corrected chi connectivity index (χ4v) is 2.15. The summed E-state index contributed by atoms with van der Waals surface area (Å²) >= 11 is 0. The maximum absolute atomic E-state index is 5.56. The van der Waals surface area contributed by atoms with E-state index in [4.69, 9.17) is 9.15 Å². The van der Waals surface area contributed by atoms with Crippen LogP contribution < -0.4 is 10.1 Å². The molecule has 20 heavy (non-hydrogen) atoms. The molecule has 0 saturated heterocycles. The first kappa shape index (κ1) is 14.6. The van der Waals surface area contributed by atoms with Gasteiger partial charge in [0.1, 0.15) is 11.5 Å². The van der Waals surface area contributed by atoms with Crippen LogP contribution in [0.2, 0.25) is 0 Å². The third kappa shape index (κ3) is 3.61. The van der Waals surface area contributed by atoms with Crippen LogP contribution in [0.25, 0.3) is 0 Å². The van der Waals surface area contributed by atoms with E-state index < -0.39 is 0 Å². The molecule has 0 spiro atoms. The van der Waals surface area contributed by atoms with Gasteiger partial charge in [-0.05, 0) is 38.8 Å². The van der Waals surface area contributed by atoms with Crippen molar-refractivity contribution in [2.75, 3.05) is 7.11 Å². The van der Waals surface area contributed by atoms with Gasteiger partial charge in [-0.25, -0.2) is 4.98 Å². The van der Waals surface area contributed by atoms with Crippen molar-refractivity contribution >= 4 is 0 Å². The van der Waals surface area contributed by atoms with Crippen molar-refractivity contribution in [3.8, 4) is 5.75 Å². The molecule has 1 heterocycles. The zero-order valence-electron chi connectivity index (χ0n) is 12.6. The zero-order valence-corrected chi connectivity index (χ0v) is 12.6. The van der Waals surface area contributed by atoms with Gasteiger partial charge in [0.25, 0.3) is 0 Å². The second-order valence-corrected chi connectivity index (χ2v) is 5.05. The van der Waals surface area contributed by atoms with Crippen LogP contribution >= 0.6 is 0 Å². The van der Waals surface area contributed by atoms with E-state index in [2.05, 4.69) is 23.3 Å². The first-order valence-electron chi connectivity index (χ1n) is 6.88. The highest BCUT2D eigenvalue weighted by Gasteiger charge is 2.10. The summed E-state index contributed by atoms with van der Waals surface area (Å²) < 4.78 is 10.9. The van der Waals surface area contributed by atoms with Crippen molar-refractivity contribution in [3.63, 3.8) is 0 Å². The number of para-hydroxylation sites is 1. The summed E-state index contributed by atoms with van der Waals surface area (Å²) in [5.74, 6) is 2.56. The molecule has 0 bridgehead atoms. The average Bonchev–Trinajstić information content (AvgIpc) is 2.76. The van der Waals surface area contributed by atoms with Gasteiger partial charge in [0.05, 0.1) is 19.3 Å². The molecule has 1 N–H and O–H groups in total. The molecule has 0 saturated carbocycles. The normalized spacial score (nSPS) is 12.4. The number of hydrogen-bond donors (Lipinski definition) is 1. The number of methoxy groups -OCH3 is 1. The van der Waals surface area contributed by atoms with Crippen molar-refractivity contribution in [1.29, 1.82) is 0 Å². The van der Waals surface area contributed by atoms with Crippen LogP contribution in [0.5, 0.6) is 5.75 Å². The fraction of sp³-hybridized carbons (Fsp3) is 0.438. The van der Waals surface area contributed by atoms with E-state index >= 15 is 0 Å². The topological polar surface area (TPSA) is 47.3 Å². The molecule has 1 aromatic carbocycles. The summed E-state index contributed by atoms with van der Waals surface area (Å²) in [5, 5.41) is 3.43. The predicted molar refractivity (Wildman–Crippen MR) is 79.0 cm³/mol. The highest BCUT2D eigenvalue weighted by molar-refractivity contribution is 5.33. The highest BCUT2D eigenvalue weighted by atomic mass is 16.5. The van der Waals surface area contributed by atoms with E-state index in [1.165, 1.54) is 5.56 Å². The number of nitrogens with one attached hydrogen (secondary N) is 1. The molecule has 4 nitrogen and oxygen atoms in total. The molecule has 0 aliphatic heterocycles. The molecule has 0 amide bonds. The molecule has 2 rings (SSSR count). The van der Waals surface area contributed by atoms with E-state index in [1.807, 2.05) is 32.0 Å². The molecule has 0 aliphatic rings. The minimum absolute atomic E-state index is 0.318. The molecule has 1 aromatic heterocycles. The van der Waals surface area contributed by atoms with E-state index in [0.717, 1.165) is 29.5 Å². The number of benzene rings is 1. The fourth-order valence-electron chi connectivity index (χ4n) is 2.15. The van der Waals surface area contributed by atoms with Crippen molar-refractivity contribution in [2.24, 2.45) is 0 Å². The van der Waals surface area contributed by atoms with Crippen LogP contribution in [0.3, 0.4) is 0 Å². The Hall–Kier alpha value is -1.81. The Kier molecular flexibility index (Phi) is 4.79. The van der Waals surface area contributed by atoms with Crippen molar-refractivity contribution in [2.45, 2.75) is 39.8 Å². The Morgan fingerprint density at radius 1 is 1.30 bits per heavy atom. The van der Waals surface area contributed by atoms with Crippen LogP contribution in [0.4, 0.5) is 0 Å².